The molecule has 0 aliphatic carbocycles. The third-order valence-corrected chi connectivity index (χ3v) is 3.90. The van der Waals surface area contributed by atoms with E-state index < -0.39 is 0 Å². The second-order valence-corrected chi connectivity index (χ2v) is 5.67. The first-order chi connectivity index (χ1) is 8.27. The molecule has 98 valence electrons. The van der Waals surface area contributed by atoms with Crippen LogP contribution in [-0.4, -0.2) is 31.1 Å². The lowest BCUT2D eigenvalue weighted by atomic mass is 10.1. The number of likely N-dealkylation sites (N-methyl/N-ethyl adjacent to an activating group) is 1. The fourth-order valence-electron chi connectivity index (χ4n) is 2.03. The van der Waals surface area contributed by atoms with Gasteiger partial charge in [-0.05, 0) is 37.9 Å². The summed E-state index contributed by atoms with van der Waals surface area (Å²) in [7, 11) is 2.24. The highest BCUT2D eigenvalue weighted by Crippen LogP contribution is 2.14. The second kappa shape index (κ2) is 8.67. The highest BCUT2D eigenvalue weighted by Gasteiger charge is 2.13. The van der Waals surface area contributed by atoms with E-state index in [1.807, 2.05) is 11.3 Å². The Bertz CT molecular complexity index is 272. The molecule has 1 rings (SSSR count). The molecule has 2 nitrogen and oxygen atoms in total. The van der Waals surface area contributed by atoms with Crippen LogP contribution in [0.15, 0.2) is 17.5 Å². The molecule has 0 spiro atoms. The van der Waals surface area contributed by atoms with Gasteiger partial charge in [0, 0.05) is 24.0 Å². The summed E-state index contributed by atoms with van der Waals surface area (Å²) in [5.41, 5.74) is 0. The Morgan fingerprint density at radius 2 is 2.18 bits per heavy atom. The van der Waals surface area contributed by atoms with E-state index in [0.29, 0.717) is 6.04 Å². The molecule has 0 saturated carbocycles. The molecule has 1 unspecified atom stereocenters. The van der Waals surface area contributed by atoms with E-state index in [9.17, 15) is 0 Å². The van der Waals surface area contributed by atoms with E-state index in [0.717, 1.165) is 19.6 Å². The van der Waals surface area contributed by atoms with Crippen molar-refractivity contribution in [2.75, 3.05) is 20.1 Å². The molecule has 0 aliphatic heterocycles. The maximum absolute atomic E-state index is 3.54. The normalized spacial score (nSPS) is 13.2. The zero-order chi connectivity index (χ0) is 12.5. The van der Waals surface area contributed by atoms with Crippen molar-refractivity contribution in [3.63, 3.8) is 0 Å². The topological polar surface area (TPSA) is 15.3 Å². The van der Waals surface area contributed by atoms with Gasteiger partial charge in [0.15, 0.2) is 0 Å². The maximum atomic E-state index is 3.54. The Balaban J connectivity index is 2.39. The molecule has 3 heteroatoms. The van der Waals surface area contributed by atoms with Crippen molar-refractivity contribution in [3.05, 3.63) is 22.4 Å². The minimum atomic E-state index is 0.661. The van der Waals surface area contributed by atoms with Gasteiger partial charge in [0.25, 0.3) is 0 Å². The van der Waals surface area contributed by atoms with Crippen LogP contribution in [0.5, 0.6) is 0 Å². The predicted octanol–water partition coefficient (Wildman–Crippen LogP) is 3.35. The molecule has 0 aliphatic rings. The van der Waals surface area contributed by atoms with Crippen molar-refractivity contribution in [2.45, 2.75) is 45.7 Å². The van der Waals surface area contributed by atoms with Gasteiger partial charge in [0.2, 0.25) is 0 Å². The minimum absolute atomic E-state index is 0.661. The number of hydrogen-bond acceptors (Lipinski definition) is 3. The molecule has 1 heterocycles. The summed E-state index contributed by atoms with van der Waals surface area (Å²) in [4.78, 5) is 3.95. The average Bonchev–Trinajstić information content (AvgIpc) is 2.81. The van der Waals surface area contributed by atoms with Crippen molar-refractivity contribution in [2.24, 2.45) is 0 Å². The number of nitrogens with one attached hydrogen (secondary N) is 1. The van der Waals surface area contributed by atoms with Gasteiger partial charge in [-0.15, -0.1) is 11.3 Å². The highest BCUT2D eigenvalue weighted by molar-refractivity contribution is 7.09. The lowest BCUT2D eigenvalue weighted by molar-refractivity contribution is 0.216. The van der Waals surface area contributed by atoms with Crippen molar-refractivity contribution >= 4 is 11.3 Å². The first-order valence-corrected chi connectivity index (χ1v) is 7.59. The summed E-state index contributed by atoms with van der Waals surface area (Å²) in [6, 6.07) is 5.02. The van der Waals surface area contributed by atoms with Crippen molar-refractivity contribution in [3.8, 4) is 0 Å². The second-order valence-electron chi connectivity index (χ2n) is 4.64. The molecule has 0 saturated heterocycles. The SMILES string of the molecule is CCCNCC(CCC)N(C)Cc1cccs1. The number of hydrogen-bond donors (Lipinski definition) is 1. The van der Waals surface area contributed by atoms with E-state index in [1.54, 1.807) is 0 Å². The van der Waals surface area contributed by atoms with Gasteiger partial charge in [-0.3, -0.25) is 4.90 Å². The van der Waals surface area contributed by atoms with Gasteiger partial charge in [0.1, 0.15) is 0 Å². The quantitative estimate of drug-likeness (QED) is 0.680. The first-order valence-electron chi connectivity index (χ1n) is 6.71. The average molecular weight is 254 g/mol. The van der Waals surface area contributed by atoms with Gasteiger partial charge in [0.05, 0.1) is 0 Å². The van der Waals surface area contributed by atoms with E-state index in [2.05, 4.69) is 48.6 Å². The summed E-state index contributed by atoms with van der Waals surface area (Å²) in [5.74, 6) is 0. The highest BCUT2D eigenvalue weighted by atomic mass is 32.1. The summed E-state index contributed by atoms with van der Waals surface area (Å²) < 4.78 is 0. The summed E-state index contributed by atoms with van der Waals surface area (Å²) in [5, 5.41) is 5.70. The first kappa shape index (κ1) is 14.7. The van der Waals surface area contributed by atoms with Gasteiger partial charge in [-0.2, -0.15) is 0 Å². The maximum Gasteiger partial charge on any atom is 0.0328 e. The lowest BCUT2D eigenvalue weighted by Crippen LogP contribution is -2.39. The van der Waals surface area contributed by atoms with Crippen LogP contribution in [-0.2, 0) is 6.54 Å². The molecule has 1 aromatic heterocycles. The monoisotopic (exact) mass is 254 g/mol. The smallest absolute Gasteiger partial charge is 0.0328 e. The number of thiophene rings is 1. The van der Waals surface area contributed by atoms with Crippen LogP contribution < -0.4 is 5.32 Å². The molecular formula is C14H26N2S. The van der Waals surface area contributed by atoms with Crippen LogP contribution >= 0.6 is 11.3 Å². The third-order valence-electron chi connectivity index (χ3n) is 3.04. The van der Waals surface area contributed by atoms with Gasteiger partial charge in [-0.1, -0.05) is 26.3 Å². The van der Waals surface area contributed by atoms with Crippen LogP contribution in [0, 0.1) is 0 Å². The fourth-order valence-corrected chi connectivity index (χ4v) is 2.80. The summed E-state index contributed by atoms with van der Waals surface area (Å²) in [6.07, 6.45) is 3.75. The van der Waals surface area contributed by atoms with E-state index in [4.69, 9.17) is 0 Å². The molecule has 1 aromatic rings. The van der Waals surface area contributed by atoms with Crippen LogP contribution in [0.3, 0.4) is 0 Å². The third kappa shape index (κ3) is 5.66. The molecule has 0 amide bonds. The lowest BCUT2D eigenvalue weighted by Gasteiger charge is -2.27. The van der Waals surface area contributed by atoms with Crippen LogP contribution in [0.2, 0.25) is 0 Å². The molecule has 0 fully saturated rings. The van der Waals surface area contributed by atoms with E-state index >= 15 is 0 Å². The van der Waals surface area contributed by atoms with Gasteiger partial charge in [-0.25, -0.2) is 0 Å². The molecular weight excluding hydrogens is 228 g/mol. The Labute approximate surface area is 110 Å². The molecule has 0 bridgehead atoms. The minimum Gasteiger partial charge on any atom is -0.315 e. The Kier molecular flexibility index (Phi) is 7.49. The van der Waals surface area contributed by atoms with Crippen LogP contribution in [0.1, 0.15) is 38.0 Å². The molecule has 1 atom stereocenters. The zero-order valence-corrected chi connectivity index (χ0v) is 12.2. The number of nitrogens with zero attached hydrogens (tertiary/aromatic N) is 1. The van der Waals surface area contributed by atoms with Gasteiger partial charge < -0.3 is 5.32 Å². The van der Waals surface area contributed by atoms with E-state index in [-0.39, 0.29) is 0 Å². The summed E-state index contributed by atoms with van der Waals surface area (Å²) in [6.45, 7) is 7.82. The van der Waals surface area contributed by atoms with Crippen molar-refractivity contribution in [1.82, 2.24) is 10.2 Å². The molecule has 17 heavy (non-hydrogen) atoms. The van der Waals surface area contributed by atoms with E-state index in [1.165, 1.54) is 24.1 Å². The Morgan fingerprint density at radius 1 is 1.35 bits per heavy atom. The summed E-state index contributed by atoms with van der Waals surface area (Å²) >= 11 is 1.85. The fraction of sp³-hybridized carbons (Fsp3) is 0.714. The Hall–Kier alpha value is -0.380. The van der Waals surface area contributed by atoms with Crippen molar-refractivity contribution < 1.29 is 0 Å². The molecule has 1 N–H and O–H groups in total. The standard InChI is InChI=1S/C14H26N2S/c1-4-7-13(11-15-9-5-2)16(3)12-14-8-6-10-17-14/h6,8,10,13,15H,4-5,7,9,11-12H2,1-3H3. The van der Waals surface area contributed by atoms with Crippen LogP contribution in [0.25, 0.3) is 0 Å². The zero-order valence-electron chi connectivity index (χ0n) is 11.4. The molecule has 0 radical (unpaired) electrons. The largest absolute Gasteiger partial charge is 0.315 e. The van der Waals surface area contributed by atoms with Crippen molar-refractivity contribution in [1.29, 1.82) is 0 Å². The number of rotatable bonds is 9. The van der Waals surface area contributed by atoms with Gasteiger partial charge >= 0.3 is 0 Å². The predicted molar refractivity (Wildman–Crippen MR) is 77.6 cm³/mol. The molecule has 0 aromatic carbocycles. The Morgan fingerprint density at radius 3 is 2.76 bits per heavy atom. The van der Waals surface area contributed by atoms with Crippen LogP contribution in [0.4, 0.5) is 0 Å².